The van der Waals surface area contributed by atoms with Crippen molar-refractivity contribution in [3.8, 4) is 0 Å². The summed E-state index contributed by atoms with van der Waals surface area (Å²) in [5.74, 6) is 1.81. The summed E-state index contributed by atoms with van der Waals surface area (Å²) in [6.45, 7) is 6.66. The lowest BCUT2D eigenvalue weighted by Gasteiger charge is -2.12. The standard InChI is InChI=1S/C15H25N7S.HI/c1-4-12-10-19-14(23-12)6-7-17-15(16-3)18-8-9-22-11-20-21-13(22)5-2;/h10-11H,4-9H2,1-3H3,(H2,16,17,18);1H. The van der Waals surface area contributed by atoms with Gasteiger partial charge in [-0.3, -0.25) is 4.99 Å². The van der Waals surface area contributed by atoms with Crippen molar-refractivity contribution >= 4 is 41.3 Å². The summed E-state index contributed by atoms with van der Waals surface area (Å²) in [5.41, 5.74) is 0. The van der Waals surface area contributed by atoms with Crippen LogP contribution in [0.1, 0.15) is 29.6 Å². The smallest absolute Gasteiger partial charge is 0.191 e. The van der Waals surface area contributed by atoms with E-state index in [0.29, 0.717) is 0 Å². The van der Waals surface area contributed by atoms with Crippen LogP contribution in [0.4, 0.5) is 0 Å². The van der Waals surface area contributed by atoms with Crippen molar-refractivity contribution in [3.63, 3.8) is 0 Å². The molecule has 7 nitrogen and oxygen atoms in total. The number of hydrogen-bond acceptors (Lipinski definition) is 5. The molecule has 0 aliphatic carbocycles. The summed E-state index contributed by atoms with van der Waals surface area (Å²) in [4.78, 5) is 10.0. The van der Waals surface area contributed by atoms with Gasteiger partial charge in [0.05, 0.1) is 5.01 Å². The third-order valence-electron chi connectivity index (χ3n) is 3.46. The van der Waals surface area contributed by atoms with E-state index in [0.717, 1.165) is 50.7 Å². The van der Waals surface area contributed by atoms with Gasteiger partial charge in [-0.1, -0.05) is 13.8 Å². The zero-order valence-corrected chi connectivity index (χ0v) is 17.6. The Hall–Kier alpha value is -1.23. The number of halogens is 1. The number of nitrogens with zero attached hydrogens (tertiary/aromatic N) is 5. The number of rotatable bonds is 8. The first-order valence-electron chi connectivity index (χ1n) is 8.01. The Morgan fingerprint density at radius 2 is 2.04 bits per heavy atom. The molecule has 0 aliphatic heterocycles. The maximum absolute atomic E-state index is 4.43. The van der Waals surface area contributed by atoms with Crippen molar-refractivity contribution in [2.75, 3.05) is 20.1 Å². The van der Waals surface area contributed by atoms with Gasteiger partial charge in [0.15, 0.2) is 5.96 Å². The molecule has 2 N–H and O–H groups in total. The lowest BCUT2D eigenvalue weighted by Crippen LogP contribution is -2.39. The molecule has 0 saturated carbocycles. The predicted molar refractivity (Wildman–Crippen MR) is 109 cm³/mol. The molecule has 0 spiro atoms. The van der Waals surface area contributed by atoms with Crippen LogP contribution in [0, 0.1) is 0 Å². The number of guanidine groups is 1. The van der Waals surface area contributed by atoms with E-state index in [4.69, 9.17) is 0 Å². The lowest BCUT2D eigenvalue weighted by atomic mass is 10.4. The molecule has 2 rings (SSSR count). The van der Waals surface area contributed by atoms with E-state index < -0.39 is 0 Å². The zero-order valence-electron chi connectivity index (χ0n) is 14.4. The fraction of sp³-hybridized carbons (Fsp3) is 0.600. The summed E-state index contributed by atoms with van der Waals surface area (Å²) in [7, 11) is 1.78. The van der Waals surface area contributed by atoms with Gasteiger partial charge in [0.1, 0.15) is 12.2 Å². The highest BCUT2D eigenvalue weighted by molar-refractivity contribution is 14.0. The Labute approximate surface area is 164 Å². The Balaban J connectivity index is 0.00000288. The van der Waals surface area contributed by atoms with Gasteiger partial charge in [0, 0.05) is 50.6 Å². The van der Waals surface area contributed by atoms with Crippen molar-refractivity contribution in [2.45, 2.75) is 39.7 Å². The van der Waals surface area contributed by atoms with Crippen LogP contribution in [0.5, 0.6) is 0 Å². The van der Waals surface area contributed by atoms with Crippen molar-refractivity contribution < 1.29 is 0 Å². The van der Waals surface area contributed by atoms with E-state index >= 15 is 0 Å². The summed E-state index contributed by atoms with van der Waals surface area (Å²) >= 11 is 1.78. The van der Waals surface area contributed by atoms with Crippen molar-refractivity contribution in [2.24, 2.45) is 4.99 Å². The second-order valence-electron chi connectivity index (χ2n) is 5.04. The average molecular weight is 463 g/mol. The average Bonchev–Trinajstić information content (AvgIpc) is 3.22. The van der Waals surface area contributed by atoms with E-state index in [-0.39, 0.29) is 24.0 Å². The van der Waals surface area contributed by atoms with Gasteiger partial charge in [-0.05, 0) is 6.42 Å². The molecule has 0 atom stereocenters. The highest BCUT2D eigenvalue weighted by Gasteiger charge is 2.03. The number of aliphatic imine (C=N–C) groups is 1. The summed E-state index contributed by atoms with van der Waals surface area (Å²) in [6.07, 6.45) is 6.59. The zero-order chi connectivity index (χ0) is 16.5. The number of hydrogen-bond donors (Lipinski definition) is 2. The van der Waals surface area contributed by atoms with Gasteiger partial charge < -0.3 is 15.2 Å². The van der Waals surface area contributed by atoms with Crippen LogP contribution in [0.15, 0.2) is 17.5 Å². The number of nitrogens with one attached hydrogen (secondary N) is 2. The molecule has 0 unspecified atom stereocenters. The van der Waals surface area contributed by atoms with Crippen LogP contribution in [0.2, 0.25) is 0 Å². The quantitative estimate of drug-likeness (QED) is 0.355. The second kappa shape index (κ2) is 11.3. The molecule has 9 heteroatoms. The van der Waals surface area contributed by atoms with Gasteiger partial charge in [0.2, 0.25) is 0 Å². The first kappa shape index (κ1) is 20.8. The molecule has 2 aromatic rings. The minimum atomic E-state index is 0. The van der Waals surface area contributed by atoms with Crippen molar-refractivity contribution in [1.82, 2.24) is 30.4 Å². The molecule has 0 bridgehead atoms. The number of aromatic nitrogens is 4. The molecule has 0 aromatic carbocycles. The van der Waals surface area contributed by atoms with Crippen LogP contribution in [-0.4, -0.2) is 45.8 Å². The first-order valence-corrected chi connectivity index (χ1v) is 8.83. The molecule has 2 aromatic heterocycles. The van der Waals surface area contributed by atoms with Crippen molar-refractivity contribution in [3.05, 3.63) is 28.2 Å². The van der Waals surface area contributed by atoms with Gasteiger partial charge in [-0.15, -0.1) is 45.5 Å². The molecular weight excluding hydrogens is 437 g/mol. The number of aryl methyl sites for hydroxylation is 2. The number of thiazole rings is 1. The SMILES string of the molecule is CCc1cnc(CCNC(=NC)NCCn2cnnc2CC)s1.I. The highest BCUT2D eigenvalue weighted by atomic mass is 127. The van der Waals surface area contributed by atoms with Gasteiger partial charge in [0.25, 0.3) is 0 Å². The maximum atomic E-state index is 4.43. The van der Waals surface area contributed by atoms with Crippen LogP contribution < -0.4 is 10.6 Å². The minimum absolute atomic E-state index is 0. The molecule has 0 amide bonds. The Morgan fingerprint density at radius 3 is 2.71 bits per heavy atom. The summed E-state index contributed by atoms with van der Waals surface area (Å²) < 4.78 is 2.06. The second-order valence-corrected chi connectivity index (χ2v) is 6.24. The third kappa shape index (κ3) is 6.34. The van der Waals surface area contributed by atoms with Gasteiger partial charge in [-0.2, -0.15) is 0 Å². The van der Waals surface area contributed by atoms with Crippen molar-refractivity contribution in [1.29, 1.82) is 0 Å². The van der Waals surface area contributed by atoms with Crippen LogP contribution in [0.25, 0.3) is 0 Å². The third-order valence-corrected chi connectivity index (χ3v) is 4.66. The molecule has 134 valence electrons. The maximum Gasteiger partial charge on any atom is 0.191 e. The summed E-state index contributed by atoms with van der Waals surface area (Å²) in [6, 6.07) is 0. The van der Waals surface area contributed by atoms with Crippen LogP contribution in [-0.2, 0) is 25.8 Å². The molecule has 0 saturated heterocycles. The Kier molecular flexibility index (Phi) is 9.84. The Bertz CT molecular complexity index is 623. The predicted octanol–water partition coefficient (Wildman–Crippen LogP) is 1.89. The fourth-order valence-corrected chi connectivity index (χ4v) is 3.03. The molecule has 0 aliphatic rings. The lowest BCUT2D eigenvalue weighted by molar-refractivity contribution is 0.632. The van der Waals surface area contributed by atoms with E-state index in [2.05, 4.69) is 49.2 Å². The van der Waals surface area contributed by atoms with Gasteiger partial charge >= 0.3 is 0 Å². The largest absolute Gasteiger partial charge is 0.356 e. The molecule has 24 heavy (non-hydrogen) atoms. The van der Waals surface area contributed by atoms with Crippen LogP contribution in [0.3, 0.4) is 0 Å². The van der Waals surface area contributed by atoms with E-state index in [1.54, 1.807) is 24.7 Å². The fourth-order valence-electron chi connectivity index (χ4n) is 2.17. The monoisotopic (exact) mass is 463 g/mol. The summed E-state index contributed by atoms with van der Waals surface area (Å²) in [5, 5.41) is 15.8. The van der Waals surface area contributed by atoms with E-state index in [1.807, 2.05) is 6.20 Å². The topological polar surface area (TPSA) is 80.0 Å². The highest BCUT2D eigenvalue weighted by Crippen LogP contribution is 2.13. The molecular formula is C15H26IN7S. The minimum Gasteiger partial charge on any atom is -0.356 e. The molecule has 2 heterocycles. The normalized spacial score (nSPS) is 11.2. The van der Waals surface area contributed by atoms with Crippen LogP contribution >= 0.6 is 35.3 Å². The van der Waals surface area contributed by atoms with E-state index in [1.165, 1.54) is 9.88 Å². The molecule has 0 radical (unpaired) electrons. The van der Waals surface area contributed by atoms with Gasteiger partial charge in [-0.25, -0.2) is 4.98 Å². The first-order chi connectivity index (χ1) is 11.3. The molecule has 0 fully saturated rings. The van der Waals surface area contributed by atoms with E-state index in [9.17, 15) is 0 Å². The Morgan fingerprint density at radius 1 is 1.25 bits per heavy atom.